The summed E-state index contributed by atoms with van der Waals surface area (Å²) in [5.41, 5.74) is -0.384. The number of nitrogens with one attached hydrogen (secondary N) is 1. The summed E-state index contributed by atoms with van der Waals surface area (Å²) in [5.74, 6) is 0.783. The van der Waals surface area contributed by atoms with Gasteiger partial charge >= 0.3 is 6.18 Å². The summed E-state index contributed by atoms with van der Waals surface area (Å²) in [6, 6.07) is 11.4. The van der Waals surface area contributed by atoms with Gasteiger partial charge < -0.3 is 19.3 Å². The van der Waals surface area contributed by atoms with Gasteiger partial charge in [-0.2, -0.15) is 13.2 Å². The lowest BCUT2D eigenvalue weighted by molar-refractivity contribution is -0.137. The van der Waals surface area contributed by atoms with Gasteiger partial charge in [0, 0.05) is 11.6 Å². The molecule has 9 heteroatoms. The van der Waals surface area contributed by atoms with Crippen molar-refractivity contribution in [2.75, 3.05) is 6.79 Å². The Morgan fingerprint density at radius 2 is 1.86 bits per heavy atom. The Kier molecular flexibility index (Phi) is 4.42. The van der Waals surface area contributed by atoms with E-state index in [9.17, 15) is 18.0 Å². The number of aromatic nitrogens is 1. The van der Waals surface area contributed by atoms with E-state index in [0.29, 0.717) is 28.5 Å². The number of alkyl halides is 3. The van der Waals surface area contributed by atoms with Gasteiger partial charge in [-0.05, 0) is 30.3 Å². The van der Waals surface area contributed by atoms with Crippen molar-refractivity contribution in [1.29, 1.82) is 0 Å². The molecule has 2 heterocycles. The molecule has 2 aromatic carbocycles. The Morgan fingerprint density at radius 3 is 2.68 bits per heavy atom. The molecule has 1 aromatic heterocycles. The monoisotopic (exact) mass is 390 g/mol. The predicted molar refractivity (Wildman–Crippen MR) is 90.7 cm³/mol. The van der Waals surface area contributed by atoms with Crippen molar-refractivity contribution in [2.45, 2.75) is 12.7 Å². The minimum Gasteiger partial charge on any atom is -0.454 e. The highest BCUT2D eigenvalue weighted by molar-refractivity contribution is 5.95. The lowest BCUT2D eigenvalue weighted by Crippen LogP contribution is -2.26. The van der Waals surface area contributed by atoms with E-state index in [1.807, 2.05) is 0 Å². The fraction of sp³-hybridized carbons (Fsp3) is 0.158. The minimum absolute atomic E-state index is 0.0842. The average molecular weight is 390 g/mol. The molecule has 4 rings (SSSR count). The van der Waals surface area contributed by atoms with E-state index in [1.165, 1.54) is 12.1 Å². The average Bonchev–Trinajstić information content (AvgIpc) is 3.34. The molecule has 1 aliphatic rings. The molecule has 28 heavy (non-hydrogen) atoms. The molecule has 144 valence electrons. The van der Waals surface area contributed by atoms with Gasteiger partial charge in [-0.1, -0.05) is 17.3 Å². The topological polar surface area (TPSA) is 73.6 Å². The van der Waals surface area contributed by atoms with Crippen LogP contribution < -0.4 is 14.8 Å². The molecule has 1 amide bonds. The van der Waals surface area contributed by atoms with E-state index in [1.54, 1.807) is 24.3 Å². The number of carbonyl (C=O) groups excluding carboxylic acids is 1. The van der Waals surface area contributed by atoms with Crippen molar-refractivity contribution in [3.8, 4) is 22.8 Å². The lowest BCUT2D eigenvalue weighted by Gasteiger charge is -2.12. The largest absolute Gasteiger partial charge is 0.454 e. The first-order chi connectivity index (χ1) is 13.4. The smallest absolute Gasteiger partial charge is 0.417 e. The summed E-state index contributed by atoms with van der Waals surface area (Å²) in [5, 5.41) is 6.27. The Labute approximate surface area is 156 Å². The van der Waals surface area contributed by atoms with Gasteiger partial charge in [0.05, 0.1) is 17.7 Å². The second kappa shape index (κ2) is 6.91. The fourth-order valence-corrected chi connectivity index (χ4v) is 2.78. The van der Waals surface area contributed by atoms with Crippen LogP contribution in [0, 0.1) is 0 Å². The van der Waals surface area contributed by atoms with Gasteiger partial charge in [-0.15, -0.1) is 0 Å². The molecule has 0 saturated carbocycles. The summed E-state index contributed by atoms with van der Waals surface area (Å²) in [6.07, 6.45) is -4.62. The highest BCUT2D eigenvalue weighted by Gasteiger charge is 2.34. The summed E-state index contributed by atoms with van der Waals surface area (Å²) in [7, 11) is 0. The molecule has 0 saturated heterocycles. The van der Waals surface area contributed by atoms with Crippen LogP contribution in [0.2, 0.25) is 0 Å². The van der Waals surface area contributed by atoms with E-state index in [0.717, 1.165) is 12.1 Å². The number of carbonyl (C=O) groups is 1. The molecule has 0 atom stereocenters. The molecule has 0 spiro atoms. The third-order valence-corrected chi connectivity index (χ3v) is 4.12. The number of rotatable bonds is 4. The number of amides is 1. The predicted octanol–water partition coefficient (Wildman–Crippen LogP) is 4.02. The van der Waals surface area contributed by atoms with Crippen LogP contribution in [0.1, 0.15) is 21.6 Å². The van der Waals surface area contributed by atoms with E-state index in [2.05, 4.69) is 10.5 Å². The Hall–Kier alpha value is -3.49. The van der Waals surface area contributed by atoms with Gasteiger partial charge in [-0.3, -0.25) is 4.79 Å². The number of halogens is 3. The zero-order valence-corrected chi connectivity index (χ0v) is 14.2. The van der Waals surface area contributed by atoms with E-state index in [4.69, 9.17) is 14.0 Å². The summed E-state index contributed by atoms with van der Waals surface area (Å²) < 4.78 is 54.9. The Morgan fingerprint density at radius 1 is 1.07 bits per heavy atom. The highest BCUT2D eigenvalue weighted by atomic mass is 19.4. The van der Waals surface area contributed by atoms with E-state index >= 15 is 0 Å². The van der Waals surface area contributed by atoms with Gasteiger partial charge in [-0.25, -0.2) is 0 Å². The first-order valence-electron chi connectivity index (χ1n) is 8.22. The van der Waals surface area contributed by atoms with Crippen LogP contribution in [0.25, 0.3) is 11.3 Å². The SMILES string of the molecule is O=C(NCc1cc(-c2ccc3c(c2)OCO3)on1)c1ccccc1C(F)(F)F. The van der Waals surface area contributed by atoms with Crippen LogP contribution in [0.5, 0.6) is 11.5 Å². The molecular formula is C19H13F3N2O4. The Bertz CT molecular complexity index is 1030. The normalized spacial score (nSPS) is 12.8. The van der Waals surface area contributed by atoms with Crippen molar-refractivity contribution < 1.29 is 32.0 Å². The molecule has 0 bridgehead atoms. The minimum atomic E-state index is -4.62. The molecule has 0 radical (unpaired) electrons. The third-order valence-electron chi connectivity index (χ3n) is 4.12. The van der Waals surface area contributed by atoms with Crippen molar-refractivity contribution in [1.82, 2.24) is 10.5 Å². The quantitative estimate of drug-likeness (QED) is 0.729. The fourth-order valence-electron chi connectivity index (χ4n) is 2.78. The first kappa shape index (κ1) is 17.9. The second-order valence-corrected chi connectivity index (χ2v) is 5.98. The zero-order chi connectivity index (χ0) is 19.7. The Balaban J connectivity index is 1.46. The van der Waals surface area contributed by atoms with Crippen LogP contribution >= 0.6 is 0 Å². The van der Waals surface area contributed by atoms with Crippen molar-refractivity contribution >= 4 is 5.91 Å². The maximum absolute atomic E-state index is 13.0. The third kappa shape index (κ3) is 3.51. The van der Waals surface area contributed by atoms with E-state index in [-0.39, 0.29) is 13.3 Å². The summed E-state index contributed by atoms with van der Waals surface area (Å²) >= 11 is 0. The number of fused-ring (bicyclic) bond motifs is 1. The van der Waals surface area contributed by atoms with Crippen LogP contribution in [0.3, 0.4) is 0 Å². The molecule has 0 unspecified atom stereocenters. The van der Waals surface area contributed by atoms with Crippen LogP contribution in [-0.4, -0.2) is 17.9 Å². The first-order valence-corrected chi connectivity index (χ1v) is 8.22. The van der Waals surface area contributed by atoms with Gasteiger partial charge in [0.2, 0.25) is 6.79 Å². The van der Waals surface area contributed by atoms with Gasteiger partial charge in [0.15, 0.2) is 17.3 Å². The molecular weight excluding hydrogens is 377 g/mol. The molecule has 3 aromatic rings. The van der Waals surface area contributed by atoms with Crippen molar-refractivity contribution in [3.63, 3.8) is 0 Å². The van der Waals surface area contributed by atoms with Crippen LogP contribution in [0.4, 0.5) is 13.2 Å². The zero-order valence-electron chi connectivity index (χ0n) is 14.2. The number of benzene rings is 2. The van der Waals surface area contributed by atoms with Gasteiger partial charge in [0.25, 0.3) is 5.91 Å². The van der Waals surface area contributed by atoms with Crippen LogP contribution in [-0.2, 0) is 12.7 Å². The van der Waals surface area contributed by atoms with Crippen molar-refractivity contribution in [3.05, 3.63) is 65.4 Å². The molecule has 6 nitrogen and oxygen atoms in total. The molecule has 1 aliphatic heterocycles. The molecule has 0 fully saturated rings. The number of ether oxygens (including phenoxy) is 2. The molecule has 1 N–H and O–H groups in total. The summed E-state index contributed by atoms with van der Waals surface area (Å²) in [6.45, 7) is 0.0605. The maximum Gasteiger partial charge on any atom is 0.417 e. The van der Waals surface area contributed by atoms with Crippen molar-refractivity contribution in [2.24, 2.45) is 0 Å². The highest BCUT2D eigenvalue weighted by Crippen LogP contribution is 2.36. The van der Waals surface area contributed by atoms with Crippen LogP contribution in [0.15, 0.2) is 53.1 Å². The molecule has 0 aliphatic carbocycles. The second-order valence-electron chi connectivity index (χ2n) is 5.98. The van der Waals surface area contributed by atoms with E-state index < -0.39 is 23.2 Å². The standard InChI is InChI=1S/C19H13F3N2O4/c20-19(21,22)14-4-2-1-3-13(14)18(25)23-9-12-8-16(28-24-12)11-5-6-15-17(7-11)27-10-26-15/h1-8H,9-10H2,(H,23,25). The number of hydrogen-bond acceptors (Lipinski definition) is 5. The number of hydrogen-bond donors (Lipinski definition) is 1. The lowest BCUT2D eigenvalue weighted by atomic mass is 10.1. The number of nitrogens with zero attached hydrogens (tertiary/aromatic N) is 1. The maximum atomic E-state index is 13.0. The van der Waals surface area contributed by atoms with Gasteiger partial charge in [0.1, 0.15) is 5.69 Å². The summed E-state index contributed by atoms with van der Waals surface area (Å²) in [4.78, 5) is 12.2.